The number of nitrogens with zero attached hydrogens (tertiary/aromatic N) is 1. The maximum atomic E-state index is 12.8. The molecule has 7 nitrogen and oxygen atoms in total. The van der Waals surface area contributed by atoms with Crippen LogP contribution in [0.4, 0.5) is 4.79 Å². The molecular weight excluding hydrogens is 424 g/mol. The summed E-state index contributed by atoms with van der Waals surface area (Å²) in [5.74, 6) is -0.629. The smallest absolute Gasteiger partial charge is 0.337 e. The zero-order valence-corrected chi connectivity index (χ0v) is 16.8. The van der Waals surface area contributed by atoms with Gasteiger partial charge in [0.15, 0.2) is 9.84 Å². The van der Waals surface area contributed by atoms with Crippen LogP contribution in [0.5, 0.6) is 0 Å². The first-order valence-corrected chi connectivity index (χ1v) is 10.7. The molecule has 1 aromatic carbocycles. The van der Waals surface area contributed by atoms with E-state index in [1.165, 1.54) is 12.0 Å². The Bertz CT molecular complexity index is 896. The topological polar surface area (TPSA) is 92.8 Å². The van der Waals surface area contributed by atoms with Crippen molar-refractivity contribution in [2.24, 2.45) is 0 Å². The predicted molar refractivity (Wildman–Crippen MR) is 99.0 cm³/mol. The number of amides is 2. The van der Waals surface area contributed by atoms with Gasteiger partial charge in [0.2, 0.25) is 0 Å². The molecule has 3 rings (SSSR count). The standard InChI is InChI=1S/C17H19BrN2O5S/c1-10-14(16(21)25-2)15(12-5-3-4-6-13(12)18)19-17(22)20(10)11-7-8-26(23,24)9-11/h3-6,11,15H,7-9H2,1-2H3,(H,19,22)/t11-,15+/m0/s1. The SMILES string of the molecule is COC(=O)C1=C(C)N([C@H]2CCS(=O)(=O)C2)C(=O)N[C@@H]1c1ccccc1Br. The Hall–Kier alpha value is -1.87. The van der Waals surface area contributed by atoms with E-state index in [9.17, 15) is 18.0 Å². The van der Waals surface area contributed by atoms with Crippen LogP contribution in [0.25, 0.3) is 0 Å². The Morgan fingerprint density at radius 1 is 1.35 bits per heavy atom. The Labute approximate surface area is 160 Å². The number of hydrogen-bond donors (Lipinski definition) is 1. The minimum absolute atomic E-state index is 0.0376. The van der Waals surface area contributed by atoms with Gasteiger partial charge in [-0.15, -0.1) is 0 Å². The van der Waals surface area contributed by atoms with Crippen LogP contribution in [0.2, 0.25) is 0 Å². The van der Waals surface area contributed by atoms with E-state index < -0.39 is 33.9 Å². The number of methoxy groups -OCH3 is 1. The van der Waals surface area contributed by atoms with E-state index in [0.29, 0.717) is 17.7 Å². The average molecular weight is 443 g/mol. The first-order chi connectivity index (χ1) is 12.2. The number of benzene rings is 1. The van der Waals surface area contributed by atoms with Crippen LogP contribution >= 0.6 is 15.9 Å². The molecule has 0 bridgehead atoms. The fraction of sp³-hybridized carbons (Fsp3) is 0.412. The minimum atomic E-state index is -3.18. The number of esters is 1. The molecule has 1 aromatic rings. The summed E-state index contributed by atoms with van der Waals surface area (Å²) in [6.07, 6.45) is 0.348. The summed E-state index contributed by atoms with van der Waals surface area (Å²) in [6.45, 7) is 1.65. The number of halogens is 1. The minimum Gasteiger partial charge on any atom is -0.466 e. The zero-order valence-electron chi connectivity index (χ0n) is 14.4. The fourth-order valence-electron chi connectivity index (χ4n) is 3.49. The number of rotatable bonds is 3. The molecule has 2 atom stereocenters. The van der Waals surface area contributed by atoms with Crippen molar-refractivity contribution >= 4 is 37.8 Å². The molecule has 2 aliphatic rings. The maximum Gasteiger partial charge on any atom is 0.337 e. The second-order valence-corrected chi connectivity index (χ2v) is 9.40. The van der Waals surface area contributed by atoms with Crippen molar-refractivity contribution in [3.8, 4) is 0 Å². The number of carbonyl (C=O) groups excluding carboxylic acids is 2. The third-order valence-electron chi connectivity index (χ3n) is 4.72. The lowest BCUT2D eigenvalue weighted by Crippen LogP contribution is -2.52. The van der Waals surface area contributed by atoms with Crippen LogP contribution in [0.15, 0.2) is 40.0 Å². The molecule has 9 heteroatoms. The highest BCUT2D eigenvalue weighted by molar-refractivity contribution is 9.10. The molecule has 0 saturated carbocycles. The second-order valence-electron chi connectivity index (χ2n) is 6.32. The van der Waals surface area contributed by atoms with Gasteiger partial charge in [-0.2, -0.15) is 0 Å². The number of carbonyl (C=O) groups is 2. The molecular formula is C17H19BrN2O5S. The molecule has 26 heavy (non-hydrogen) atoms. The number of sulfone groups is 1. The molecule has 1 saturated heterocycles. The fourth-order valence-corrected chi connectivity index (χ4v) is 5.71. The van der Waals surface area contributed by atoms with Gasteiger partial charge in [0.25, 0.3) is 0 Å². The molecule has 140 valence electrons. The number of ether oxygens (including phenoxy) is 1. The number of hydrogen-bond acceptors (Lipinski definition) is 5. The van der Waals surface area contributed by atoms with Gasteiger partial charge in [0, 0.05) is 10.2 Å². The second kappa shape index (κ2) is 7.03. The van der Waals surface area contributed by atoms with E-state index in [-0.39, 0.29) is 11.5 Å². The van der Waals surface area contributed by atoms with Crippen molar-refractivity contribution in [2.45, 2.75) is 25.4 Å². The van der Waals surface area contributed by atoms with Crippen molar-refractivity contribution in [3.05, 3.63) is 45.6 Å². The van der Waals surface area contributed by atoms with Gasteiger partial charge in [0.1, 0.15) is 0 Å². The van der Waals surface area contributed by atoms with Crippen LogP contribution < -0.4 is 5.32 Å². The number of nitrogens with one attached hydrogen (secondary N) is 1. The van der Waals surface area contributed by atoms with Crippen LogP contribution in [0, 0.1) is 0 Å². The zero-order chi connectivity index (χ0) is 19.1. The number of allylic oxidation sites excluding steroid dienone is 1. The number of urea groups is 1. The van der Waals surface area contributed by atoms with E-state index in [4.69, 9.17) is 4.74 Å². The van der Waals surface area contributed by atoms with E-state index in [2.05, 4.69) is 21.2 Å². The van der Waals surface area contributed by atoms with Crippen molar-refractivity contribution in [1.82, 2.24) is 10.2 Å². The van der Waals surface area contributed by atoms with Gasteiger partial charge in [-0.05, 0) is 25.0 Å². The summed E-state index contributed by atoms with van der Waals surface area (Å²) in [5, 5.41) is 2.83. The van der Waals surface area contributed by atoms with E-state index in [1.54, 1.807) is 13.0 Å². The van der Waals surface area contributed by atoms with Crippen LogP contribution in [-0.4, -0.2) is 50.0 Å². The maximum absolute atomic E-state index is 12.8. The lowest BCUT2D eigenvalue weighted by atomic mass is 9.94. The predicted octanol–water partition coefficient (Wildman–Crippen LogP) is 2.15. The molecule has 2 aliphatic heterocycles. The van der Waals surface area contributed by atoms with Gasteiger partial charge in [-0.25, -0.2) is 18.0 Å². The third-order valence-corrected chi connectivity index (χ3v) is 7.19. The lowest BCUT2D eigenvalue weighted by Gasteiger charge is -2.38. The molecule has 0 aromatic heterocycles. The highest BCUT2D eigenvalue weighted by atomic mass is 79.9. The summed E-state index contributed by atoms with van der Waals surface area (Å²) < 4.78 is 29.3. The van der Waals surface area contributed by atoms with Gasteiger partial charge in [0.05, 0.1) is 36.3 Å². The summed E-state index contributed by atoms with van der Waals surface area (Å²) in [5.41, 5.74) is 1.44. The highest BCUT2D eigenvalue weighted by Gasteiger charge is 2.42. The Balaban J connectivity index is 2.09. The van der Waals surface area contributed by atoms with Gasteiger partial charge < -0.3 is 10.1 Å². The molecule has 0 aliphatic carbocycles. The molecule has 0 unspecified atom stereocenters. The molecule has 2 amide bonds. The van der Waals surface area contributed by atoms with E-state index >= 15 is 0 Å². The van der Waals surface area contributed by atoms with Gasteiger partial charge >= 0.3 is 12.0 Å². The molecule has 1 N–H and O–H groups in total. The normalized spacial score (nSPS) is 25.2. The van der Waals surface area contributed by atoms with E-state index in [0.717, 1.165) is 10.0 Å². The quantitative estimate of drug-likeness (QED) is 0.723. The third kappa shape index (κ3) is 3.37. The first-order valence-electron chi connectivity index (χ1n) is 8.09. The Morgan fingerprint density at radius 3 is 2.62 bits per heavy atom. The Kier molecular flexibility index (Phi) is 5.12. The highest BCUT2D eigenvalue weighted by Crippen LogP contribution is 2.36. The first kappa shape index (κ1) is 18.9. The summed E-state index contributed by atoms with van der Waals surface area (Å²) >= 11 is 3.45. The van der Waals surface area contributed by atoms with Crippen molar-refractivity contribution in [1.29, 1.82) is 0 Å². The van der Waals surface area contributed by atoms with Crippen LogP contribution in [-0.2, 0) is 19.4 Å². The molecule has 0 spiro atoms. The summed E-state index contributed by atoms with van der Waals surface area (Å²) in [4.78, 5) is 26.6. The van der Waals surface area contributed by atoms with Crippen molar-refractivity contribution in [3.63, 3.8) is 0 Å². The van der Waals surface area contributed by atoms with Crippen LogP contribution in [0.1, 0.15) is 24.9 Å². The monoisotopic (exact) mass is 442 g/mol. The van der Waals surface area contributed by atoms with E-state index in [1.807, 2.05) is 18.2 Å². The lowest BCUT2D eigenvalue weighted by molar-refractivity contribution is -0.136. The van der Waals surface area contributed by atoms with Gasteiger partial charge in [-0.3, -0.25) is 4.90 Å². The van der Waals surface area contributed by atoms with Crippen molar-refractivity contribution < 1.29 is 22.7 Å². The summed E-state index contributed by atoms with van der Waals surface area (Å²) in [7, 11) is -1.90. The van der Waals surface area contributed by atoms with Gasteiger partial charge in [-0.1, -0.05) is 34.1 Å². The summed E-state index contributed by atoms with van der Waals surface area (Å²) in [6, 6.07) is 5.69. The molecule has 0 radical (unpaired) electrons. The molecule has 2 heterocycles. The average Bonchev–Trinajstić information content (AvgIpc) is 2.93. The Morgan fingerprint density at radius 2 is 2.04 bits per heavy atom. The van der Waals surface area contributed by atoms with Crippen LogP contribution in [0.3, 0.4) is 0 Å². The largest absolute Gasteiger partial charge is 0.466 e. The van der Waals surface area contributed by atoms with Crippen molar-refractivity contribution in [2.75, 3.05) is 18.6 Å². The molecule has 1 fully saturated rings.